The number of nitrogens with one attached hydrogen (secondary N) is 2. The Morgan fingerprint density at radius 3 is 2.79 bits per heavy atom. The van der Waals surface area contributed by atoms with Crippen molar-refractivity contribution in [1.29, 1.82) is 0 Å². The summed E-state index contributed by atoms with van der Waals surface area (Å²) in [5.74, 6) is 1.05. The zero-order valence-corrected chi connectivity index (χ0v) is 10.5. The van der Waals surface area contributed by atoms with E-state index in [1.54, 1.807) is 24.4 Å². The number of para-hydroxylation sites is 1. The lowest BCUT2D eigenvalue weighted by Crippen LogP contribution is -2.14. The fraction of sp³-hybridized carbons (Fsp3) is 0.308. The highest BCUT2D eigenvalue weighted by Gasteiger charge is 2.08. The van der Waals surface area contributed by atoms with Crippen molar-refractivity contribution in [3.05, 3.63) is 47.5 Å². The summed E-state index contributed by atoms with van der Waals surface area (Å²) in [5.41, 5.74) is 1.64. The van der Waals surface area contributed by atoms with E-state index >= 15 is 0 Å². The van der Waals surface area contributed by atoms with Crippen LogP contribution in [0.25, 0.3) is 0 Å². The first-order valence-electron chi connectivity index (χ1n) is 5.89. The molecule has 0 amide bonds. The lowest BCUT2D eigenvalue weighted by Gasteiger charge is -2.10. The monoisotopic (exact) mass is 267 g/mol. The Hall–Kier alpha value is -1.95. The summed E-state index contributed by atoms with van der Waals surface area (Å²) in [4.78, 5) is 7.16. The summed E-state index contributed by atoms with van der Waals surface area (Å²) in [6.07, 6.45) is 1.74. The van der Waals surface area contributed by atoms with Crippen molar-refractivity contribution in [2.45, 2.75) is 26.6 Å². The minimum atomic E-state index is -2.81. The van der Waals surface area contributed by atoms with Crippen molar-refractivity contribution >= 4 is 0 Å². The van der Waals surface area contributed by atoms with E-state index in [1.807, 2.05) is 6.92 Å². The van der Waals surface area contributed by atoms with Gasteiger partial charge < -0.3 is 15.0 Å². The third-order valence-electron chi connectivity index (χ3n) is 2.58. The number of hydrogen-bond acceptors (Lipinski definition) is 3. The van der Waals surface area contributed by atoms with Crippen molar-refractivity contribution in [2.24, 2.45) is 0 Å². The van der Waals surface area contributed by atoms with Gasteiger partial charge in [-0.15, -0.1) is 0 Å². The predicted molar refractivity (Wildman–Crippen MR) is 66.9 cm³/mol. The van der Waals surface area contributed by atoms with Crippen LogP contribution >= 0.6 is 0 Å². The van der Waals surface area contributed by atoms with Crippen molar-refractivity contribution < 1.29 is 13.5 Å². The van der Waals surface area contributed by atoms with Crippen LogP contribution in [0.1, 0.15) is 17.1 Å². The van der Waals surface area contributed by atoms with E-state index in [0.717, 1.165) is 11.5 Å². The van der Waals surface area contributed by atoms with Gasteiger partial charge in [-0.25, -0.2) is 4.98 Å². The molecule has 102 valence electrons. The molecule has 2 N–H and O–H groups in total. The van der Waals surface area contributed by atoms with Crippen molar-refractivity contribution in [3.63, 3.8) is 0 Å². The molecule has 1 aromatic heterocycles. The Labute approximate surface area is 109 Å². The number of aromatic amines is 1. The summed E-state index contributed by atoms with van der Waals surface area (Å²) in [5, 5.41) is 3.15. The Balaban J connectivity index is 1.92. The van der Waals surface area contributed by atoms with E-state index in [-0.39, 0.29) is 5.75 Å². The first-order chi connectivity index (χ1) is 9.15. The number of aromatic nitrogens is 2. The van der Waals surface area contributed by atoms with E-state index in [2.05, 4.69) is 20.0 Å². The van der Waals surface area contributed by atoms with Gasteiger partial charge in [-0.3, -0.25) is 0 Å². The molecule has 6 heteroatoms. The molecule has 1 heterocycles. The molecule has 0 saturated heterocycles. The first kappa shape index (κ1) is 13.5. The minimum absolute atomic E-state index is 0.200. The largest absolute Gasteiger partial charge is 0.434 e. The summed E-state index contributed by atoms with van der Waals surface area (Å²) in [6.45, 7) is 0.0940. The molecule has 0 radical (unpaired) electrons. The van der Waals surface area contributed by atoms with Gasteiger partial charge in [-0.05, 0) is 13.0 Å². The topological polar surface area (TPSA) is 49.9 Å². The molecule has 2 rings (SSSR count). The van der Waals surface area contributed by atoms with Gasteiger partial charge in [0, 0.05) is 30.5 Å². The van der Waals surface area contributed by atoms with Gasteiger partial charge in [0.25, 0.3) is 0 Å². The second-order valence-corrected chi connectivity index (χ2v) is 4.08. The van der Waals surface area contributed by atoms with Gasteiger partial charge >= 0.3 is 6.61 Å². The smallest absolute Gasteiger partial charge is 0.387 e. The van der Waals surface area contributed by atoms with E-state index in [1.165, 1.54) is 6.07 Å². The van der Waals surface area contributed by atoms with Crippen LogP contribution in [0.5, 0.6) is 5.75 Å². The standard InChI is InChI=1S/C13H15F2N3O/c1-9-17-8-11(18-9)7-16-6-10-4-2-3-5-12(10)19-13(14)15/h2-5,8,13,16H,6-7H2,1H3,(H,17,18). The molecule has 0 fully saturated rings. The van der Waals surface area contributed by atoms with Crippen molar-refractivity contribution in [3.8, 4) is 5.75 Å². The number of ether oxygens (including phenoxy) is 1. The molecule has 0 spiro atoms. The fourth-order valence-corrected chi connectivity index (χ4v) is 1.75. The Morgan fingerprint density at radius 1 is 1.32 bits per heavy atom. The second kappa shape index (κ2) is 6.29. The van der Waals surface area contributed by atoms with E-state index in [0.29, 0.717) is 18.7 Å². The third-order valence-corrected chi connectivity index (χ3v) is 2.58. The van der Waals surface area contributed by atoms with Gasteiger partial charge in [0.15, 0.2) is 0 Å². The lowest BCUT2D eigenvalue weighted by atomic mass is 10.2. The van der Waals surface area contributed by atoms with E-state index < -0.39 is 6.61 Å². The number of rotatable bonds is 6. The summed E-state index contributed by atoms with van der Waals surface area (Å²) < 4.78 is 28.9. The molecular weight excluding hydrogens is 252 g/mol. The molecule has 0 atom stereocenters. The van der Waals surface area contributed by atoms with Gasteiger partial charge in [0.05, 0.1) is 0 Å². The molecule has 0 aliphatic heterocycles. The van der Waals surface area contributed by atoms with Crippen LogP contribution in [0.4, 0.5) is 8.78 Å². The molecular formula is C13H15F2N3O. The number of nitrogens with zero attached hydrogens (tertiary/aromatic N) is 1. The molecule has 0 saturated carbocycles. The number of H-pyrrole nitrogens is 1. The van der Waals surface area contributed by atoms with Crippen LogP contribution in [0.3, 0.4) is 0 Å². The van der Waals surface area contributed by atoms with E-state index in [9.17, 15) is 8.78 Å². The minimum Gasteiger partial charge on any atom is -0.434 e. The third kappa shape index (κ3) is 4.03. The molecule has 0 aliphatic rings. The second-order valence-electron chi connectivity index (χ2n) is 4.08. The van der Waals surface area contributed by atoms with Crippen LogP contribution in [0, 0.1) is 6.92 Å². The molecule has 19 heavy (non-hydrogen) atoms. The van der Waals surface area contributed by atoms with Crippen LogP contribution < -0.4 is 10.1 Å². The number of aryl methyl sites for hydroxylation is 1. The Bertz CT molecular complexity index is 528. The average molecular weight is 267 g/mol. The quantitative estimate of drug-likeness (QED) is 0.845. The molecule has 0 bridgehead atoms. The summed E-state index contributed by atoms with van der Waals surface area (Å²) in [6, 6.07) is 6.74. The Morgan fingerprint density at radius 2 is 2.11 bits per heavy atom. The normalized spacial score (nSPS) is 10.9. The highest BCUT2D eigenvalue weighted by Crippen LogP contribution is 2.19. The SMILES string of the molecule is Cc1ncc(CNCc2ccccc2OC(F)F)[nH]1. The zero-order valence-electron chi connectivity index (χ0n) is 10.5. The highest BCUT2D eigenvalue weighted by molar-refractivity contribution is 5.33. The molecule has 0 aliphatic carbocycles. The first-order valence-corrected chi connectivity index (χ1v) is 5.89. The lowest BCUT2D eigenvalue weighted by molar-refractivity contribution is -0.0505. The van der Waals surface area contributed by atoms with Gasteiger partial charge in [0.2, 0.25) is 0 Å². The maximum absolute atomic E-state index is 12.2. The number of benzene rings is 1. The maximum Gasteiger partial charge on any atom is 0.387 e. The Kier molecular flexibility index (Phi) is 4.46. The van der Waals surface area contributed by atoms with E-state index in [4.69, 9.17) is 0 Å². The fourth-order valence-electron chi connectivity index (χ4n) is 1.75. The van der Waals surface area contributed by atoms with Gasteiger partial charge in [0.1, 0.15) is 11.6 Å². The zero-order chi connectivity index (χ0) is 13.7. The van der Waals surface area contributed by atoms with Crippen LogP contribution in [-0.4, -0.2) is 16.6 Å². The maximum atomic E-state index is 12.2. The number of imidazole rings is 1. The van der Waals surface area contributed by atoms with Gasteiger partial charge in [-0.2, -0.15) is 8.78 Å². The summed E-state index contributed by atoms with van der Waals surface area (Å²) >= 11 is 0. The van der Waals surface area contributed by atoms with Crippen LogP contribution in [-0.2, 0) is 13.1 Å². The van der Waals surface area contributed by atoms with Crippen molar-refractivity contribution in [2.75, 3.05) is 0 Å². The van der Waals surface area contributed by atoms with Crippen LogP contribution in [0.2, 0.25) is 0 Å². The molecule has 4 nitrogen and oxygen atoms in total. The molecule has 2 aromatic rings. The number of alkyl halides is 2. The number of hydrogen-bond donors (Lipinski definition) is 2. The highest BCUT2D eigenvalue weighted by atomic mass is 19.3. The number of halogens is 2. The summed E-state index contributed by atoms with van der Waals surface area (Å²) in [7, 11) is 0. The molecule has 0 unspecified atom stereocenters. The van der Waals surface area contributed by atoms with Crippen LogP contribution in [0.15, 0.2) is 30.5 Å². The van der Waals surface area contributed by atoms with Gasteiger partial charge in [-0.1, -0.05) is 18.2 Å². The predicted octanol–water partition coefficient (Wildman–Crippen LogP) is 2.61. The van der Waals surface area contributed by atoms with Crippen molar-refractivity contribution in [1.82, 2.24) is 15.3 Å². The average Bonchev–Trinajstić information content (AvgIpc) is 2.77. The molecule has 1 aromatic carbocycles.